The lowest BCUT2D eigenvalue weighted by molar-refractivity contribution is 0.0318. The number of hydrogen-bond donors (Lipinski definition) is 1. The van der Waals surface area contributed by atoms with Gasteiger partial charge in [-0.3, -0.25) is 0 Å². The lowest BCUT2D eigenvalue weighted by atomic mass is 10.0. The van der Waals surface area contributed by atoms with Gasteiger partial charge in [-0.1, -0.05) is 6.92 Å². The summed E-state index contributed by atoms with van der Waals surface area (Å²) in [5.74, 6) is -0.270. The third-order valence-electron chi connectivity index (χ3n) is 3.09. The first kappa shape index (κ1) is 13.9. The summed E-state index contributed by atoms with van der Waals surface area (Å²) in [6.45, 7) is 4.54. The van der Waals surface area contributed by atoms with E-state index in [1.54, 1.807) is 0 Å². The first-order chi connectivity index (χ1) is 9.31. The van der Waals surface area contributed by atoms with E-state index in [1.165, 1.54) is 5.56 Å². The molecule has 1 N–H and O–H groups in total. The molecule has 1 aliphatic heterocycles. The van der Waals surface area contributed by atoms with Crippen molar-refractivity contribution >= 4 is 11.7 Å². The van der Waals surface area contributed by atoms with Gasteiger partial charge < -0.3 is 14.8 Å². The number of benzene rings is 1. The fourth-order valence-electron chi connectivity index (χ4n) is 2.12. The van der Waals surface area contributed by atoms with Crippen LogP contribution in [-0.2, 0) is 15.9 Å². The van der Waals surface area contributed by atoms with E-state index in [4.69, 9.17) is 9.47 Å². The highest BCUT2D eigenvalue weighted by atomic mass is 16.6. The summed E-state index contributed by atoms with van der Waals surface area (Å²) in [7, 11) is 0. The number of carbonyl (C=O) groups excluding carboxylic acids is 1. The first-order valence-electron chi connectivity index (χ1n) is 6.93. The van der Waals surface area contributed by atoms with Crippen LogP contribution in [-0.4, -0.2) is 32.3 Å². The minimum Gasteiger partial charge on any atom is -0.460 e. The van der Waals surface area contributed by atoms with Crippen LogP contribution in [0, 0.1) is 0 Å². The molecule has 4 heteroatoms. The van der Waals surface area contributed by atoms with Crippen molar-refractivity contribution in [3.63, 3.8) is 0 Å². The van der Waals surface area contributed by atoms with Crippen LogP contribution in [0.25, 0.3) is 0 Å². The summed E-state index contributed by atoms with van der Waals surface area (Å²) < 4.78 is 10.5. The SMILES string of the molecule is CCCOCCOC(=O)c1ccc2c(c1)CCCN2. The van der Waals surface area contributed by atoms with Crippen LogP contribution in [0.5, 0.6) is 0 Å². The van der Waals surface area contributed by atoms with Gasteiger partial charge in [0.25, 0.3) is 0 Å². The molecule has 0 fully saturated rings. The Morgan fingerprint density at radius 3 is 3.05 bits per heavy atom. The summed E-state index contributed by atoms with van der Waals surface area (Å²) >= 11 is 0. The molecule has 104 valence electrons. The van der Waals surface area contributed by atoms with Gasteiger partial charge in [-0.15, -0.1) is 0 Å². The average molecular weight is 263 g/mol. The van der Waals surface area contributed by atoms with Crippen LogP contribution in [0.4, 0.5) is 5.69 Å². The van der Waals surface area contributed by atoms with Crippen molar-refractivity contribution < 1.29 is 14.3 Å². The second kappa shape index (κ2) is 7.14. The summed E-state index contributed by atoms with van der Waals surface area (Å²) in [6.07, 6.45) is 3.10. The Balaban J connectivity index is 1.85. The molecule has 0 aromatic heterocycles. The first-order valence-corrected chi connectivity index (χ1v) is 6.93. The number of aryl methyl sites for hydroxylation is 1. The maximum absolute atomic E-state index is 11.9. The Kier molecular flexibility index (Phi) is 5.21. The molecule has 1 aliphatic rings. The molecule has 4 nitrogen and oxygen atoms in total. The summed E-state index contributed by atoms with van der Waals surface area (Å²) in [5, 5.41) is 3.32. The monoisotopic (exact) mass is 263 g/mol. The molecular formula is C15H21NO3. The van der Waals surface area contributed by atoms with Crippen LogP contribution >= 0.6 is 0 Å². The fourth-order valence-corrected chi connectivity index (χ4v) is 2.12. The van der Waals surface area contributed by atoms with E-state index < -0.39 is 0 Å². The highest BCUT2D eigenvalue weighted by molar-refractivity contribution is 5.90. The summed E-state index contributed by atoms with van der Waals surface area (Å²) in [5.41, 5.74) is 2.95. The highest BCUT2D eigenvalue weighted by Crippen LogP contribution is 2.23. The van der Waals surface area contributed by atoms with Crippen LogP contribution in [0.1, 0.15) is 35.7 Å². The lowest BCUT2D eigenvalue weighted by Crippen LogP contribution is -2.14. The standard InChI is InChI=1S/C15H21NO3/c1-2-8-18-9-10-19-15(17)13-5-6-14-12(11-13)4-3-7-16-14/h5-6,11,16H,2-4,7-10H2,1H3. The predicted octanol–water partition coefficient (Wildman–Crippen LogP) is 2.63. The zero-order valence-electron chi connectivity index (χ0n) is 11.4. The molecule has 0 aliphatic carbocycles. The maximum atomic E-state index is 11.9. The smallest absolute Gasteiger partial charge is 0.338 e. The van der Waals surface area contributed by atoms with Gasteiger partial charge in [0, 0.05) is 18.8 Å². The van der Waals surface area contributed by atoms with E-state index in [-0.39, 0.29) is 5.97 Å². The van der Waals surface area contributed by atoms with Crippen LogP contribution < -0.4 is 5.32 Å². The Morgan fingerprint density at radius 2 is 2.21 bits per heavy atom. The van der Waals surface area contributed by atoms with Gasteiger partial charge in [0.2, 0.25) is 0 Å². The van der Waals surface area contributed by atoms with Gasteiger partial charge in [0.15, 0.2) is 0 Å². The molecule has 19 heavy (non-hydrogen) atoms. The molecular weight excluding hydrogens is 242 g/mol. The quantitative estimate of drug-likeness (QED) is 0.633. The van der Waals surface area contributed by atoms with Gasteiger partial charge in [-0.2, -0.15) is 0 Å². The van der Waals surface area contributed by atoms with Crippen molar-refractivity contribution in [2.45, 2.75) is 26.2 Å². The molecule has 1 heterocycles. The number of anilines is 1. The van der Waals surface area contributed by atoms with E-state index in [0.29, 0.717) is 25.4 Å². The molecule has 0 saturated heterocycles. The van der Waals surface area contributed by atoms with Gasteiger partial charge in [-0.05, 0) is 43.0 Å². The Labute approximate surface area is 114 Å². The molecule has 0 unspecified atom stereocenters. The van der Waals surface area contributed by atoms with Crippen molar-refractivity contribution in [1.82, 2.24) is 0 Å². The van der Waals surface area contributed by atoms with Crippen molar-refractivity contribution in [3.8, 4) is 0 Å². The predicted molar refractivity (Wildman–Crippen MR) is 74.6 cm³/mol. The molecule has 0 radical (unpaired) electrons. The zero-order valence-corrected chi connectivity index (χ0v) is 11.4. The van der Waals surface area contributed by atoms with E-state index in [9.17, 15) is 4.79 Å². The minimum atomic E-state index is -0.270. The Hall–Kier alpha value is -1.55. The van der Waals surface area contributed by atoms with Gasteiger partial charge in [-0.25, -0.2) is 4.79 Å². The molecule has 0 spiro atoms. The number of hydrogen-bond acceptors (Lipinski definition) is 4. The Morgan fingerprint density at radius 1 is 1.32 bits per heavy atom. The number of esters is 1. The molecule has 1 aromatic rings. The van der Waals surface area contributed by atoms with Crippen LogP contribution in [0.15, 0.2) is 18.2 Å². The van der Waals surface area contributed by atoms with Crippen LogP contribution in [0.3, 0.4) is 0 Å². The molecule has 2 rings (SSSR count). The molecule has 0 amide bonds. The molecule has 0 atom stereocenters. The van der Waals surface area contributed by atoms with Crippen molar-refractivity contribution in [1.29, 1.82) is 0 Å². The number of fused-ring (bicyclic) bond motifs is 1. The topological polar surface area (TPSA) is 47.6 Å². The zero-order chi connectivity index (χ0) is 13.5. The third kappa shape index (κ3) is 3.96. The second-order valence-corrected chi connectivity index (χ2v) is 4.65. The molecule has 1 aromatic carbocycles. The summed E-state index contributed by atoms with van der Waals surface area (Å²) in [4.78, 5) is 11.9. The minimum absolute atomic E-state index is 0.270. The van der Waals surface area contributed by atoms with Crippen molar-refractivity contribution in [3.05, 3.63) is 29.3 Å². The summed E-state index contributed by atoms with van der Waals surface area (Å²) in [6, 6.07) is 5.70. The fraction of sp³-hybridized carbons (Fsp3) is 0.533. The van der Waals surface area contributed by atoms with E-state index >= 15 is 0 Å². The second-order valence-electron chi connectivity index (χ2n) is 4.65. The molecule has 0 saturated carbocycles. The third-order valence-corrected chi connectivity index (χ3v) is 3.09. The normalized spacial score (nSPS) is 13.5. The van der Waals surface area contributed by atoms with Crippen molar-refractivity contribution in [2.24, 2.45) is 0 Å². The highest BCUT2D eigenvalue weighted by Gasteiger charge is 2.13. The number of ether oxygens (including phenoxy) is 2. The number of nitrogens with one attached hydrogen (secondary N) is 1. The van der Waals surface area contributed by atoms with Gasteiger partial charge in [0.1, 0.15) is 6.61 Å². The van der Waals surface area contributed by atoms with E-state index in [0.717, 1.165) is 31.5 Å². The van der Waals surface area contributed by atoms with Crippen molar-refractivity contribution in [2.75, 3.05) is 31.7 Å². The van der Waals surface area contributed by atoms with Crippen LogP contribution in [0.2, 0.25) is 0 Å². The molecule has 0 bridgehead atoms. The lowest BCUT2D eigenvalue weighted by Gasteiger charge is -2.18. The number of carbonyl (C=O) groups is 1. The van der Waals surface area contributed by atoms with Gasteiger partial charge in [0.05, 0.1) is 12.2 Å². The van der Waals surface area contributed by atoms with E-state index in [2.05, 4.69) is 5.32 Å². The Bertz CT molecular complexity index is 431. The van der Waals surface area contributed by atoms with Gasteiger partial charge >= 0.3 is 5.97 Å². The number of rotatable bonds is 6. The van der Waals surface area contributed by atoms with E-state index in [1.807, 2.05) is 25.1 Å². The maximum Gasteiger partial charge on any atom is 0.338 e. The largest absolute Gasteiger partial charge is 0.460 e. The average Bonchev–Trinajstić information content (AvgIpc) is 2.46.